The molecule has 1 aromatic carbocycles. The lowest BCUT2D eigenvalue weighted by atomic mass is 10.0. The normalized spacial score (nSPS) is 14.2. The first-order valence-corrected chi connectivity index (χ1v) is 6.81. The topological polar surface area (TPSA) is 65.6 Å². The minimum Gasteiger partial charge on any atom is -0.465 e. The first-order valence-electron chi connectivity index (χ1n) is 6.81. The Labute approximate surface area is 119 Å². The summed E-state index contributed by atoms with van der Waals surface area (Å²) in [6.45, 7) is 2.41. The van der Waals surface area contributed by atoms with Gasteiger partial charge in [0.05, 0.1) is 19.3 Å². The van der Waals surface area contributed by atoms with E-state index in [0.717, 1.165) is 17.1 Å². The summed E-state index contributed by atoms with van der Waals surface area (Å²) in [5.41, 5.74) is 0.863. The van der Waals surface area contributed by atoms with E-state index in [-0.39, 0.29) is 12.6 Å². The number of nitrogens with one attached hydrogen (secondary N) is 1. The van der Waals surface area contributed by atoms with Crippen molar-refractivity contribution in [2.75, 3.05) is 6.61 Å². The van der Waals surface area contributed by atoms with E-state index in [1.165, 1.54) is 0 Å². The molecule has 2 rings (SSSR count). The number of hydrogen-bond acceptors (Lipinski definition) is 4. The fraction of sp³-hybridized carbons (Fsp3) is 0.375. The van der Waals surface area contributed by atoms with Gasteiger partial charge in [-0.2, -0.15) is 0 Å². The van der Waals surface area contributed by atoms with Gasteiger partial charge in [-0.05, 0) is 31.0 Å². The molecule has 0 saturated heterocycles. The summed E-state index contributed by atoms with van der Waals surface area (Å²) >= 11 is 0. The van der Waals surface area contributed by atoms with Crippen LogP contribution < -0.4 is 5.32 Å². The number of aryl methyl sites for hydroxylation is 1. The molecule has 0 spiro atoms. The summed E-state index contributed by atoms with van der Waals surface area (Å²) in [5.74, 6) is 1.70. The highest BCUT2D eigenvalue weighted by Crippen LogP contribution is 2.18. The molecule has 2 atom stereocenters. The smallest absolute Gasteiger partial charge is 0.117 e. The third-order valence-corrected chi connectivity index (χ3v) is 3.27. The number of hydrogen-bond donors (Lipinski definition) is 3. The van der Waals surface area contributed by atoms with Crippen LogP contribution in [-0.2, 0) is 6.54 Å². The molecule has 0 fully saturated rings. The van der Waals surface area contributed by atoms with Crippen LogP contribution in [-0.4, -0.2) is 22.9 Å². The van der Waals surface area contributed by atoms with Gasteiger partial charge in [-0.1, -0.05) is 30.3 Å². The molecule has 0 saturated carbocycles. The van der Waals surface area contributed by atoms with E-state index in [1.807, 2.05) is 49.4 Å². The number of aliphatic hydroxyl groups is 2. The van der Waals surface area contributed by atoms with Crippen molar-refractivity contribution >= 4 is 0 Å². The van der Waals surface area contributed by atoms with Crippen molar-refractivity contribution in [3.05, 3.63) is 59.5 Å². The molecule has 0 aliphatic heterocycles. The van der Waals surface area contributed by atoms with E-state index >= 15 is 0 Å². The molecule has 0 amide bonds. The van der Waals surface area contributed by atoms with Crippen LogP contribution in [0, 0.1) is 6.92 Å². The van der Waals surface area contributed by atoms with Gasteiger partial charge in [0.15, 0.2) is 0 Å². The van der Waals surface area contributed by atoms with Crippen molar-refractivity contribution in [3.8, 4) is 0 Å². The number of furan rings is 1. The molecule has 1 heterocycles. The van der Waals surface area contributed by atoms with Crippen LogP contribution in [0.3, 0.4) is 0 Å². The number of aliphatic hydroxyl groups excluding tert-OH is 2. The Balaban J connectivity index is 1.85. The molecule has 20 heavy (non-hydrogen) atoms. The van der Waals surface area contributed by atoms with Crippen molar-refractivity contribution in [3.63, 3.8) is 0 Å². The molecule has 0 unspecified atom stereocenters. The molecular weight excluding hydrogens is 254 g/mol. The maximum Gasteiger partial charge on any atom is 0.117 e. The highest BCUT2D eigenvalue weighted by molar-refractivity contribution is 5.17. The van der Waals surface area contributed by atoms with E-state index in [9.17, 15) is 10.2 Å². The van der Waals surface area contributed by atoms with E-state index in [0.29, 0.717) is 13.0 Å². The van der Waals surface area contributed by atoms with Crippen LogP contribution in [0.2, 0.25) is 0 Å². The second-order valence-corrected chi connectivity index (χ2v) is 4.93. The Kier molecular flexibility index (Phi) is 5.35. The summed E-state index contributed by atoms with van der Waals surface area (Å²) in [7, 11) is 0. The predicted molar refractivity (Wildman–Crippen MR) is 77.2 cm³/mol. The minimum absolute atomic E-state index is 0.0242. The van der Waals surface area contributed by atoms with E-state index in [4.69, 9.17) is 4.42 Å². The van der Waals surface area contributed by atoms with Gasteiger partial charge in [-0.25, -0.2) is 0 Å². The summed E-state index contributed by atoms with van der Waals surface area (Å²) < 4.78 is 5.46. The van der Waals surface area contributed by atoms with Crippen molar-refractivity contribution < 1.29 is 14.6 Å². The molecule has 0 aliphatic carbocycles. The summed E-state index contributed by atoms with van der Waals surface area (Å²) in [4.78, 5) is 0. The average Bonchev–Trinajstić information content (AvgIpc) is 2.89. The summed E-state index contributed by atoms with van der Waals surface area (Å²) in [6, 6.07) is 13.1. The van der Waals surface area contributed by atoms with Gasteiger partial charge in [-0.15, -0.1) is 0 Å². The third kappa shape index (κ3) is 4.20. The molecule has 4 heteroatoms. The zero-order valence-electron chi connectivity index (χ0n) is 11.6. The van der Waals surface area contributed by atoms with E-state index < -0.39 is 6.10 Å². The monoisotopic (exact) mass is 275 g/mol. The van der Waals surface area contributed by atoms with Crippen LogP contribution in [0.4, 0.5) is 0 Å². The van der Waals surface area contributed by atoms with Gasteiger partial charge in [0.1, 0.15) is 11.5 Å². The number of rotatable bonds is 7. The lowest BCUT2D eigenvalue weighted by Gasteiger charge is -2.19. The molecule has 108 valence electrons. The lowest BCUT2D eigenvalue weighted by Crippen LogP contribution is -2.33. The SMILES string of the molecule is Cc1ccc(CN[C@@H](CO)C[C@@H](O)c2ccccc2)o1. The molecule has 0 aliphatic rings. The molecule has 3 N–H and O–H groups in total. The maximum atomic E-state index is 10.1. The molecule has 0 bridgehead atoms. The molecular formula is C16H21NO3. The van der Waals surface area contributed by atoms with Crippen molar-refractivity contribution in [1.29, 1.82) is 0 Å². The van der Waals surface area contributed by atoms with E-state index in [1.54, 1.807) is 0 Å². The summed E-state index contributed by atoms with van der Waals surface area (Å²) in [5, 5.41) is 22.7. The second kappa shape index (κ2) is 7.24. The first kappa shape index (κ1) is 14.8. The first-order chi connectivity index (χ1) is 9.69. The van der Waals surface area contributed by atoms with Gasteiger partial charge in [0.2, 0.25) is 0 Å². The Bertz CT molecular complexity index is 509. The van der Waals surface area contributed by atoms with Crippen LogP contribution in [0.1, 0.15) is 29.6 Å². The average molecular weight is 275 g/mol. The van der Waals surface area contributed by atoms with Crippen LogP contribution in [0.15, 0.2) is 46.9 Å². The van der Waals surface area contributed by atoms with Crippen LogP contribution in [0.25, 0.3) is 0 Å². The molecule has 4 nitrogen and oxygen atoms in total. The van der Waals surface area contributed by atoms with Crippen molar-refractivity contribution in [2.45, 2.75) is 32.0 Å². The Morgan fingerprint density at radius 1 is 1.15 bits per heavy atom. The van der Waals surface area contributed by atoms with Gasteiger partial charge < -0.3 is 19.9 Å². The maximum absolute atomic E-state index is 10.1. The van der Waals surface area contributed by atoms with E-state index in [2.05, 4.69) is 5.32 Å². The fourth-order valence-corrected chi connectivity index (χ4v) is 2.13. The molecule has 2 aromatic rings. The van der Waals surface area contributed by atoms with Crippen molar-refractivity contribution in [2.24, 2.45) is 0 Å². The van der Waals surface area contributed by atoms with Gasteiger partial charge in [-0.3, -0.25) is 0 Å². The second-order valence-electron chi connectivity index (χ2n) is 4.93. The number of benzene rings is 1. The summed E-state index contributed by atoms with van der Waals surface area (Å²) in [6.07, 6.45) is -0.126. The Morgan fingerprint density at radius 3 is 2.50 bits per heavy atom. The van der Waals surface area contributed by atoms with Crippen LogP contribution in [0.5, 0.6) is 0 Å². The molecule has 0 radical (unpaired) electrons. The van der Waals surface area contributed by atoms with Gasteiger partial charge >= 0.3 is 0 Å². The lowest BCUT2D eigenvalue weighted by molar-refractivity contribution is 0.128. The van der Waals surface area contributed by atoms with Crippen LogP contribution >= 0.6 is 0 Å². The van der Waals surface area contributed by atoms with Crippen molar-refractivity contribution in [1.82, 2.24) is 5.32 Å². The minimum atomic E-state index is -0.584. The zero-order chi connectivity index (χ0) is 14.4. The molecule has 1 aromatic heterocycles. The fourth-order valence-electron chi connectivity index (χ4n) is 2.13. The highest BCUT2D eigenvalue weighted by atomic mass is 16.3. The van der Waals surface area contributed by atoms with Gasteiger partial charge in [0.25, 0.3) is 0 Å². The largest absolute Gasteiger partial charge is 0.465 e. The zero-order valence-corrected chi connectivity index (χ0v) is 11.6. The standard InChI is InChI=1S/C16H21NO3/c1-12-7-8-15(20-12)10-17-14(11-18)9-16(19)13-5-3-2-4-6-13/h2-8,14,16-19H,9-11H2,1H3/t14-,16-/m1/s1. The third-order valence-electron chi connectivity index (χ3n) is 3.27. The Hall–Kier alpha value is -1.62. The highest BCUT2D eigenvalue weighted by Gasteiger charge is 2.15. The quantitative estimate of drug-likeness (QED) is 0.724. The Morgan fingerprint density at radius 2 is 1.90 bits per heavy atom. The van der Waals surface area contributed by atoms with Gasteiger partial charge in [0, 0.05) is 6.04 Å². The predicted octanol–water partition coefficient (Wildman–Crippen LogP) is 2.16.